The van der Waals surface area contributed by atoms with Gasteiger partial charge in [-0.2, -0.15) is 8.42 Å². The summed E-state index contributed by atoms with van der Waals surface area (Å²) in [7, 11) is -4.41. The minimum atomic E-state index is -4.41. The molecule has 2 aromatic rings. The van der Waals surface area contributed by atoms with E-state index in [9.17, 15) is 18.1 Å². The zero-order valence-electron chi connectivity index (χ0n) is 20.2. The van der Waals surface area contributed by atoms with Crippen molar-refractivity contribution in [3.05, 3.63) is 48.0 Å². The molecule has 2 aromatic carbocycles. The molecule has 0 aliphatic rings. The molecule has 7 heteroatoms. The quantitative estimate of drug-likeness (QED) is 0.213. The predicted octanol–water partition coefficient (Wildman–Crippen LogP) is 4.05. The second kappa shape index (κ2) is 17.1. The van der Waals surface area contributed by atoms with Gasteiger partial charge in [0.15, 0.2) is 0 Å². The molecule has 5 nitrogen and oxygen atoms in total. The van der Waals surface area contributed by atoms with Crippen molar-refractivity contribution in [3.8, 4) is 17.2 Å². The Morgan fingerprint density at radius 3 is 1.82 bits per heavy atom. The third kappa shape index (κ3) is 12.7. The first-order chi connectivity index (χ1) is 15.4. The van der Waals surface area contributed by atoms with Crippen LogP contribution < -0.4 is 61.2 Å². The maximum atomic E-state index is 11.7. The summed E-state index contributed by atoms with van der Waals surface area (Å²) in [4.78, 5) is -0.276. The normalized spacial score (nSPS) is 11.2. The van der Waals surface area contributed by atoms with Crippen LogP contribution in [0.3, 0.4) is 0 Å². The fraction of sp³-hybridized carbons (Fsp3) is 0.538. The standard InChI is InChI=1S/C26H38O5S.K/c1-2-3-4-5-6-7-8-9-10-11-12-13-14-22-15-20-26(32(28,29)30)25(21-22)31-24-18-16-23(27)17-19-24;/h15-21,27H,2-14H2,1H3,(H,28,29,30);/q;+1/p-1. The van der Waals surface area contributed by atoms with Gasteiger partial charge in [-0.1, -0.05) is 95.8 Å². The molecule has 0 aliphatic heterocycles. The SMILES string of the molecule is CCCCCCCCCCCCCCc1ccc(S(=O)(=O)O)c(Oc2ccc([O-])cc2)c1.[K+]. The summed E-state index contributed by atoms with van der Waals surface area (Å²) in [6.07, 6.45) is 16.2. The molecule has 2 rings (SSSR count). The summed E-state index contributed by atoms with van der Waals surface area (Å²) in [6, 6.07) is 10.4. The van der Waals surface area contributed by atoms with E-state index < -0.39 is 10.1 Å². The largest absolute Gasteiger partial charge is 1.00 e. The molecule has 1 N–H and O–H groups in total. The van der Waals surface area contributed by atoms with Crippen LogP contribution in [0.1, 0.15) is 89.5 Å². The van der Waals surface area contributed by atoms with Crippen LogP contribution in [0.25, 0.3) is 0 Å². The Bertz CT molecular complexity index is 897. The van der Waals surface area contributed by atoms with Gasteiger partial charge in [-0.25, -0.2) is 0 Å². The Morgan fingerprint density at radius 1 is 0.788 bits per heavy atom. The van der Waals surface area contributed by atoms with E-state index in [1.54, 1.807) is 12.1 Å². The van der Waals surface area contributed by atoms with Crippen LogP contribution in [0.4, 0.5) is 0 Å². The van der Waals surface area contributed by atoms with Crippen molar-refractivity contribution < 1.29 is 74.2 Å². The summed E-state index contributed by atoms with van der Waals surface area (Å²) in [5.74, 6) is 0.257. The maximum absolute atomic E-state index is 11.7. The van der Waals surface area contributed by atoms with E-state index in [-0.39, 0.29) is 67.8 Å². The molecular weight excluding hydrogens is 463 g/mol. The molecule has 0 bridgehead atoms. The van der Waals surface area contributed by atoms with E-state index in [2.05, 4.69) is 6.92 Å². The Labute approximate surface area is 242 Å². The van der Waals surface area contributed by atoms with Crippen molar-refractivity contribution >= 4 is 10.1 Å². The number of rotatable bonds is 16. The van der Waals surface area contributed by atoms with Gasteiger partial charge in [0.05, 0.1) is 0 Å². The van der Waals surface area contributed by atoms with E-state index >= 15 is 0 Å². The molecule has 33 heavy (non-hydrogen) atoms. The van der Waals surface area contributed by atoms with Crippen LogP contribution in [-0.4, -0.2) is 13.0 Å². The second-order valence-corrected chi connectivity index (χ2v) is 9.86. The Hall–Kier alpha value is -0.414. The first kappa shape index (κ1) is 30.6. The van der Waals surface area contributed by atoms with E-state index in [4.69, 9.17) is 4.74 Å². The molecule has 0 aromatic heterocycles. The molecule has 0 saturated carbocycles. The second-order valence-electron chi connectivity index (χ2n) is 8.47. The van der Waals surface area contributed by atoms with Crippen LogP contribution in [0.5, 0.6) is 17.2 Å². The number of hydrogen-bond donors (Lipinski definition) is 1. The smallest absolute Gasteiger partial charge is 0.872 e. The van der Waals surface area contributed by atoms with Crippen molar-refractivity contribution in [2.45, 2.75) is 95.3 Å². The van der Waals surface area contributed by atoms with Gasteiger partial charge >= 0.3 is 51.4 Å². The fourth-order valence-electron chi connectivity index (χ4n) is 3.81. The number of ether oxygens (including phenoxy) is 1. The number of unbranched alkanes of at least 4 members (excludes halogenated alkanes) is 11. The summed E-state index contributed by atoms with van der Waals surface area (Å²) in [5, 5.41) is 11.3. The van der Waals surface area contributed by atoms with E-state index in [0.717, 1.165) is 24.8 Å². The first-order valence-electron chi connectivity index (χ1n) is 12.0. The maximum Gasteiger partial charge on any atom is 1.00 e. The van der Waals surface area contributed by atoms with Crippen LogP contribution in [0, 0.1) is 0 Å². The minimum Gasteiger partial charge on any atom is -0.872 e. The zero-order chi connectivity index (χ0) is 23.2. The van der Waals surface area contributed by atoms with Crippen LogP contribution in [0.2, 0.25) is 0 Å². The molecular formula is C26H37KO5S. The van der Waals surface area contributed by atoms with Gasteiger partial charge in [-0.05, 0) is 42.7 Å². The van der Waals surface area contributed by atoms with Gasteiger partial charge in [0.1, 0.15) is 16.4 Å². The van der Waals surface area contributed by atoms with Gasteiger partial charge in [0.25, 0.3) is 10.1 Å². The van der Waals surface area contributed by atoms with Crippen molar-refractivity contribution in [2.75, 3.05) is 0 Å². The van der Waals surface area contributed by atoms with E-state index in [1.807, 2.05) is 0 Å². The van der Waals surface area contributed by atoms with Gasteiger partial charge in [-0.3, -0.25) is 4.55 Å². The van der Waals surface area contributed by atoms with E-state index in [1.165, 1.54) is 94.5 Å². The Balaban J connectivity index is 0.00000544. The Morgan fingerprint density at radius 2 is 1.30 bits per heavy atom. The summed E-state index contributed by atoms with van der Waals surface area (Å²) >= 11 is 0. The summed E-state index contributed by atoms with van der Waals surface area (Å²) in [5.41, 5.74) is 0.958. The van der Waals surface area contributed by atoms with Crippen molar-refractivity contribution in [1.29, 1.82) is 0 Å². The van der Waals surface area contributed by atoms with Crippen molar-refractivity contribution in [1.82, 2.24) is 0 Å². The average molecular weight is 501 g/mol. The number of aryl methyl sites for hydroxylation is 1. The van der Waals surface area contributed by atoms with Crippen LogP contribution >= 0.6 is 0 Å². The Kier molecular flexibility index (Phi) is 15.9. The molecule has 0 fully saturated rings. The summed E-state index contributed by atoms with van der Waals surface area (Å²) < 4.78 is 38.6. The molecule has 0 heterocycles. The molecule has 0 spiro atoms. The topological polar surface area (TPSA) is 86.7 Å². The van der Waals surface area contributed by atoms with Gasteiger partial charge in [0, 0.05) is 0 Å². The minimum absolute atomic E-state index is 0. The fourth-order valence-corrected chi connectivity index (χ4v) is 4.40. The predicted molar refractivity (Wildman–Crippen MR) is 127 cm³/mol. The van der Waals surface area contributed by atoms with Crippen molar-refractivity contribution in [2.24, 2.45) is 0 Å². The van der Waals surface area contributed by atoms with Crippen LogP contribution in [-0.2, 0) is 16.5 Å². The molecule has 0 amide bonds. The molecule has 0 unspecified atom stereocenters. The first-order valence-corrected chi connectivity index (χ1v) is 13.4. The molecule has 178 valence electrons. The van der Waals surface area contributed by atoms with Gasteiger partial charge in [-0.15, -0.1) is 5.75 Å². The van der Waals surface area contributed by atoms with E-state index in [0.29, 0.717) is 5.75 Å². The third-order valence-electron chi connectivity index (χ3n) is 5.66. The average Bonchev–Trinajstić information content (AvgIpc) is 2.75. The monoisotopic (exact) mass is 500 g/mol. The molecule has 0 saturated heterocycles. The van der Waals surface area contributed by atoms with Crippen molar-refractivity contribution in [3.63, 3.8) is 0 Å². The summed E-state index contributed by atoms with van der Waals surface area (Å²) in [6.45, 7) is 2.25. The van der Waals surface area contributed by atoms with Crippen LogP contribution in [0.15, 0.2) is 47.4 Å². The zero-order valence-corrected chi connectivity index (χ0v) is 24.2. The third-order valence-corrected chi connectivity index (χ3v) is 6.55. The number of benzene rings is 2. The molecule has 0 radical (unpaired) electrons. The number of hydrogen-bond acceptors (Lipinski definition) is 4. The van der Waals surface area contributed by atoms with Gasteiger partial charge in [0.2, 0.25) is 0 Å². The molecule has 0 atom stereocenters. The molecule has 0 aliphatic carbocycles. The van der Waals surface area contributed by atoms with Gasteiger partial charge < -0.3 is 9.84 Å².